The smallest absolute Gasteiger partial charge is 0.0672 e. The quantitative estimate of drug-likeness (QED) is 0.837. The molecule has 1 aromatic carbocycles. The number of benzene rings is 1. The van der Waals surface area contributed by atoms with Crippen LogP contribution in [0, 0.1) is 17.2 Å². The third-order valence-electron chi connectivity index (χ3n) is 4.50. The Morgan fingerprint density at radius 2 is 1.76 bits per heavy atom. The van der Waals surface area contributed by atoms with Crippen molar-refractivity contribution in [1.82, 2.24) is 4.90 Å². The number of aliphatic hydroxyl groups is 2. The zero-order valence-electron chi connectivity index (χ0n) is 12.4. The van der Waals surface area contributed by atoms with Gasteiger partial charge < -0.3 is 10.2 Å². The fraction of sp³-hybridized carbons (Fsp3) is 0.588. The fourth-order valence-corrected chi connectivity index (χ4v) is 3.43. The van der Waals surface area contributed by atoms with Gasteiger partial charge >= 0.3 is 0 Å². The van der Waals surface area contributed by atoms with Crippen molar-refractivity contribution in [2.24, 2.45) is 5.92 Å². The predicted molar refractivity (Wildman–Crippen MR) is 81.7 cm³/mol. The van der Waals surface area contributed by atoms with E-state index in [0.717, 1.165) is 19.3 Å². The van der Waals surface area contributed by atoms with E-state index in [4.69, 9.17) is 0 Å². The van der Waals surface area contributed by atoms with E-state index < -0.39 is 0 Å². The topological polar surface area (TPSA) is 67.5 Å². The Labute approximate surface area is 126 Å². The summed E-state index contributed by atoms with van der Waals surface area (Å²) in [5, 5.41) is 27.9. The summed E-state index contributed by atoms with van der Waals surface area (Å²) in [6.45, 7) is 1.16. The van der Waals surface area contributed by atoms with E-state index in [1.54, 1.807) is 0 Å². The Morgan fingerprint density at radius 3 is 2.33 bits per heavy atom. The molecule has 114 valence electrons. The lowest BCUT2D eigenvalue weighted by Gasteiger charge is -2.40. The second-order valence-electron chi connectivity index (χ2n) is 5.71. The average Bonchev–Trinajstić information content (AvgIpc) is 2.55. The first-order chi connectivity index (χ1) is 10.3. The van der Waals surface area contributed by atoms with E-state index in [1.807, 2.05) is 6.07 Å². The van der Waals surface area contributed by atoms with E-state index in [0.29, 0.717) is 19.0 Å². The molecule has 0 spiro atoms. The van der Waals surface area contributed by atoms with Crippen LogP contribution in [0.15, 0.2) is 30.3 Å². The van der Waals surface area contributed by atoms with Crippen LogP contribution in [0.25, 0.3) is 0 Å². The van der Waals surface area contributed by atoms with Crippen molar-refractivity contribution in [3.05, 3.63) is 35.9 Å². The Balaban J connectivity index is 2.13. The van der Waals surface area contributed by atoms with Crippen LogP contribution in [0.2, 0.25) is 0 Å². The number of hydrogen-bond donors (Lipinski definition) is 2. The molecule has 0 bridgehead atoms. The molecule has 2 rings (SSSR count). The number of nitrogens with zero attached hydrogens (tertiary/aromatic N) is 2. The van der Waals surface area contributed by atoms with Gasteiger partial charge in [-0.25, -0.2) is 0 Å². The molecule has 0 aromatic heterocycles. The van der Waals surface area contributed by atoms with Gasteiger partial charge in [-0.05, 0) is 30.7 Å². The zero-order valence-corrected chi connectivity index (χ0v) is 12.4. The maximum atomic E-state index is 9.40. The van der Waals surface area contributed by atoms with Crippen LogP contribution in [0.5, 0.6) is 0 Å². The highest BCUT2D eigenvalue weighted by molar-refractivity contribution is 5.21. The number of nitriles is 1. The summed E-state index contributed by atoms with van der Waals surface area (Å²) in [5.41, 5.74) is 1.33. The maximum Gasteiger partial charge on any atom is 0.0672 e. The Bertz CT molecular complexity index is 452. The summed E-state index contributed by atoms with van der Waals surface area (Å²) in [7, 11) is 0. The summed E-state index contributed by atoms with van der Waals surface area (Å²) < 4.78 is 0. The average molecular weight is 288 g/mol. The highest BCUT2D eigenvalue weighted by atomic mass is 16.3. The molecule has 0 radical (unpaired) electrons. The van der Waals surface area contributed by atoms with E-state index in [2.05, 4.69) is 35.2 Å². The van der Waals surface area contributed by atoms with Gasteiger partial charge in [0.25, 0.3) is 0 Å². The molecule has 0 heterocycles. The van der Waals surface area contributed by atoms with Crippen molar-refractivity contribution in [2.45, 2.75) is 31.2 Å². The van der Waals surface area contributed by atoms with Gasteiger partial charge in [-0.2, -0.15) is 5.26 Å². The standard InChI is InChI=1S/C17H24N2O2/c18-13-16-7-6-15(14-4-2-1-3-5-14)12-17(16)19(8-10-20)9-11-21/h1-5,15-17,20-21H,6-12H2. The number of hydrogen-bond acceptors (Lipinski definition) is 4. The Hall–Kier alpha value is -1.41. The van der Waals surface area contributed by atoms with Crippen molar-refractivity contribution in [3.63, 3.8) is 0 Å². The van der Waals surface area contributed by atoms with Gasteiger partial charge in [-0.15, -0.1) is 0 Å². The lowest BCUT2D eigenvalue weighted by atomic mass is 9.75. The van der Waals surface area contributed by atoms with Crippen LogP contribution in [0.4, 0.5) is 0 Å². The molecule has 1 aliphatic rings. The molecular weight excluding hydrogens is 264 g/mol. The molecule has 21 heavy (non-hydrogen) atoms. The first-order valence-corrected chi connectivity index (χ1v) is 7.70. The fourth-order valence-electron chi connectivity index (χ4n) is 3.43. The third-order valence-corrected chi connectivity index (χ3v) is 4.50. The molecule has 1 fully saturated rings. The minimum atomic E-state index is -0.0111. The second-order valence-corrected chi connectivity index (χ2v) is 5.71. The summed E-state index contributed by atoms with van der Waals surface area (Å²) in [6, 6.07) is 13.0. The predicted octanol–water partition coefficient (Wildman–Crippen LogP) is 1.75. The van der Waals surface area contributed by atoms with Crippen LogP contribution in [-0.4, -0.2) is 47.5 Å². The molecule has 1 saturated carbocycles. The summed E-state index contributed by atoms with van der Waals surface area (Å²) >= 11 is 0. The third kappa shape index (κ3) is 4.04. The molecule has 2 N–H and O–H groups in total. The summed E-state index contributed by atoms with van der Waals surface area (Å²) in [6.07, 6.45) is 2.83. The van der Waals surface area contributed by atoms with Crippen LogP contribution >= 0.6 is 0 Å². The number of rotatable bonds is 6. The molecular formula is C17H24N2O2. The van der Waals surface area contributed by atoms with E-state index >= 15 is 0 Å². The maximum absolute atomic E-state index is 9.40. The molecule has 4 nitrogen and oxygen atoms in total. The monoisotopic (exact) mass is 288 g/mol. The van der Waals surface area contributed by atoms with Gasteiger partial charge in [0.05, 0.1) is 25.2 Å². The lowest BCUT2D eigenvalue weighted by Crippen LogP contribution is -2.46. The minimum Gasteiger partial charge on any atom is -0.395 e. The second kappa shape index (κ2) is 8.14. The zero-order chi connectivity index (χ0) is 15.1. The van der Waals surface area contributed by atoms with E-state index in [9.17, 15) is 15.5 Å². The number of aliphatic hydroxyl groups excluding tert-OH is 2. The molecule has 0 amide bonds. The minimum absolute atomic E-state index is 0.0111. The summed E-state index contributed by atoms with van der Waals surface area (Å²) in [5.74, 6) is 0.448. The molecule has 4 heteroatoms. The van der Waals surface area contributed by atoms with Crippen molar-refractivity contribution in [2.75, 3.05) is 26.3 Å². The SMILES string of the molecule is N#CC1CCC(c2ccccc2)CC1N(CCO)CCO. The molecule has 0 aliphatic heterocycles. The van der Waals surface area contributed by atoms with Crippen molar-refractivity contribution >= 4 is 0 Å². The summed E-state index contributed by atoms with van der Waals surface area (Å²) in [4.78, 5) is 2.07. The lowest BCUT2D eigenvalue weighted by molar-refractivity contribution is 0.0771. The Morgan fingerprint density at radius 1 is 1.10 bits per heavy atom. The van der Waals surface area contributed by atoms with Crippen molar-refractivity contribution < 1.29 is 10.2 Å². The molecule has 1 aromatic rings. The van der Waals surface area contributed by atoms with Gasteiger partial charge in [0.1, 0.15) is 0 Å². The van der Waals surface area contributed by atoms with Gasteiger partial charge in [-0.1, -0.05) is 30.3 Å². The van der Waals surface area contributed by atoms with Crippen LogP contribution in [0.1, 0.15) is 30.7 Å². The Kier molecular flexibility index (Phi) is 6.19. The van der Waals surface area contributed by atoms with Crippen molar-refractivity contribution in [3.8, 4) is 6.07 Å². The van der Waals surface area contributed by atoms with Gasteiger partial charge in [0.15, 0.2) is 0 Å². The normalized spacial score (nSPS) is 25.7. The van der Waals surface area contributed by atoms with Crippen LogP contribution in [-0.2, 0) is 0 Å². The highest BCUT2D eigenvalue weighted by Crippen LogP contribution is 2.37. The first-order valence-electron chi connectivity index (χ1n) is 7.70. The molecule has 1 aliphatic carbocycles. The first kappa shape index (κ1) is 16.0. The van der Waals surface area contributed by atoms with Gasteiger partial charge in [0.2, 0.25) is 0 Å². The van der Waals surface area contributed by atoms with E-state index in [1.165, 1.54) is 5.56 Å². The molecule has 3 atom stereocenters. The largest absolute Gasteiger partial charge is 0.395 e. The van der Waals surface area contributed by atoms with Gasteiger partial charge in [0, 0.05) is 19.1 Å². The molecule has 0 saturated heterocycles. The highest BCUT2D eigenvalue weighted by Gasteiger charge is 2.34. The van der Waals surface area contributed by atoms with Gasteiger partial charge in [-0.3, -0.25) is 4.90 Å². The molecule has 3 unspecified atom stereocenters. The van der Waals surface area contributed by atoms with Crippen LogP contribution < -0.4 is 0 Å². The van der Waals surface area contributed by atoms with Crippen LogP contribution in [0.3, 0.4) is 0 Å². The van der Waals surface area contributed by atoms with Crippen molar-refractivity contribution in [1.29, 1.82) is 5.26 Å². The van der Waals surface area contributed by atoms with E-state index in [-0.39, 0.29) is 25.2 Å².